The summed E-state index contributed by atoms with van der Waals surface area (Å²) < 4.78 is 0. The Balaban J connectivity index is 5.06. The number of hydrogen-bond donors (Lipinski definition) is 2. The Morgan fingerprint density at radius 1 is 0.600 bits per heavy atom. The average molecular weight is 286 g/mol. The molecular weight excluding hydrogens is 248 g/mol. The molecule has 2 nitrogen and oxygen atoms in total. The quantitative estimate of drug-likeness (QED) is 0.730. The summed E-state index contributed by atoms with van der Waals surface area (Å²) in [4.78, 5) is 0. The molecule has 20 heavy (non-hydrogen) atoms. The maximum absolute atomic E-state index is 11.0. The molecule has 0 aliphatic rings. The lowest BCUT2D eigenvalue weighted by atomic mass is 9.65. The monoisotopic (exact) mass is 286 g/mol. The van der Waals surface area contributed by atoms with Crippen molar-refractivity contribution in [1.29, 1.82) is 0 Å². The molecule has 0 aromatic rings. The molecule has 0 amide bonds. The molecule has 0 aliphatic heterocycles. The molecule has 6 unspecified atom stereocenters. The van der Waals surface area contributed by atoms with E-state index in [0.717, 1.165) is 0 Å². The van der Waals surface area contributed by atoms with Gasteiger partial charge >= 0.3 is 0 Å². The summed E-state index contributed by atoms with van der Waals surface area (Å²) in [5, 5.41) is 21.2. The van der Waals surface area contributed by atoms with Gasteiger partial charge in [-0.15, -0.1) is 0 Å². The second-order valence-electron chi connectivity index (χ2n) is 8.21. The third-order valence-corrected chi connectivity index (χ3v) is 6.36. The number of rotatable bonds is 7. The topological polar surface area (TPSA) is 40.5 Å². The molecule has 0 aromatic heterocycles. The summed E-state index contributed by atoms with van der Waals surface area (Å²) in [6.45, 7) is 20.8. The molecule has 0 radical (unpaired) electrons. The van der Waals surface area contributed by atoms with Gasteiger partial charge in [0.15, 0.2) is 0 Å². The van der Waals surface area contributed by atoms with E-state index in [4.69, 9.17) is 0 Å². The van der Waals surface area contributed by atoms with Crippen molar-refractivity contribution >= 4 is 0 Å². The molecule has 0 saturated heterocycles. The van der Waals surface area contributed by atoms with E-state index in [2.05, 4.69) is 48.5 Å². The Bertz CT molecular complexity index is 288. The average Bonchev–Trinajstić information content (AvgIpc) is 2.32. The highest BCUT2D eigenvalue weighted by Gasteiger charge is 2.42. The SMILES string of the molecule is CC(C)C(C)C(C)(O)C(C)C(C)C(C)C(C)C(C)(C)O. The first-order valence-electron chi connectivity index (χ1n) is 8.19. The lowest BCUT2D eigenvalue weighted by Crippen LogP contribution is -2.47. The van der Waals surface area contributed by atoms with Crippen molar-refractivity contribution in [2.24, 2.45) is 35.5 Å². The van der Waals surface area contributed by atoms with Crippen LogP contribution < -0.4 is 0 Å². The largest absolute Gasteiger partial charge is 0.390 e. The fraction of sp³-hybridized carbons (Fsp3) is 1.00. The van der Waals surface area contributed by atoms with Gasteiger partial charge in [0.1, 0.15) is 0 Å². The Hall–Kier alpha value is -0.0800. The Kier molecular flexibility index (Phi) is 6.76. The molecule has 0 spiro atoms. The lowest BCUT2D eigenvalue weighted by molar-refractivity contribution is -0.0936. The molecule has 2 N–H and O–H groups in total. The van der Waals surface area contributed by atoms with Gasteiger partial charge in [-0.3, -0.25) is 0 Å². The molecule has 0 heterocycles. The van der Waals surface area contributed by atoms with Crippen LogP contribution in [-0.4, -0.2) is 21.4 Å². The van der Waals surface area contributed by atoms with Crippen LogP contribution in [0.5, 0.6) is 0 Å². The van der Waals surface area contributed by atoms with Crippen LogP contribution in [0.3, 0.4) is 0 Å². The van der Waals surface area contributed by atoms with Gasteiger partial charge in [-0.1, -0.05) is 48.5 Å². The van der Waals surface area contributed by atoms with Gasteiger partial charge in [-0.05, 0) is 56.3 Å². The molecular formula is C18H38O2. The van der Waals surface area contributed by atoms with E-state index in [0.29, 0.717) is 17.8 Å². The maximum atomic E-state index is 11.0. The van der Waals surface area contributed by atoms with E-state index < -0.39 is 11.2 Å². The molecule has 0 aliphatic carbocycles. The van der Waals surface area contributed by atoms with E-state index >= 15 is 0 Å². The molecule has 122 valence electrons. The molecule has 6 atom stereocenters. The number of aliphatic hydroxyl groups is 2. The van der Waals surface area contributed by atoms with Crippen molar-refractivity contribution in [3.8, 4) is 0 Å². The fourth-order valence-corrected chi connectivity index (χ4v) is 3.18. The lowest BCUT2D eigenvalue weighted by Gasteiger charge is -2.45. The van der Waals surface area contributed by atoms with Gasteiger partial charge < -0.3 is 10.2 Å². The smallest absolute Gasteiger partial charge is 0.0675 e. The van der Waals surface area contributed by atoms with Crippen LogP contribution >= 0.6 is 0 Å². The molecule has 0 rings (SSSR count). The summed E-state index contributed by atoms with van der Waals surface area (Å²) in [6.07, 6.45) is 0. The molecule has 0 aromatic carbocycles. The summed E-state index contributed by atoms with van der Waals surface area (Å²) in [5.41, 5.74) is -1.36. The Morgan fingerprint density at radius 3 is 1.25 bits per heavy atom. The molecule has 0 bridgehead atoms. The van der Waals surface area contributed by atoms with Crippen LogP contribution in [-0.2, 0) is 0 Å². The first-order chi connectivity index (χ1) is 8.74. The first kappa shape index (κ1) is 19.9. The van der Waals surface area contributed by atoms with E-state index in [1.807, 2.05) is 20.8 Å². The van der Waals surface area contributed by atoms with E-state index in [-0.39, 0.29) is 17.8 Å². The predicted octanol–water partition coefficient (Wildman–Crippen LogP) is 4.34. The van der Waals surface area contributed by atoms with Gasteiger partial charge in [0.25, 0.3) is 0 Å². The summed E-state index contributed by atoms with van der Waals surface area (Å²) >= 11 is 0. The minimum Gasteiger partial charge on any atom is -0.390 e. The Morgan fingerprint density at radius 2 is 0.950 bits per heavy atom. The molecule has 2 heteroatoms. The van der Waals surface area contributed by atoms with Crippen LogP contribution in [0, 0.1) is 35.5 Å². The summed E-state index contributed by atoms with van der Waals surface area (Å²) in [6, 6.07) is 0. The summed E-state index contributed by atoms with van der Waals surface area (Å²) in [7, 11) is 0. The standard InChI is InChI=1S/C18H38O2/c1-11(2)14(5)18(10,20)16(7)13(4)12(3)15(6)17(8,9)19/h11-16,19-20H,1-10H3. The Labute approximate surface area is 127 Å². The highest BCUT2D eigenvalue weighted by atomic mass is 16.3. The van der Waals surface area contributed by atoms with Crippen LogP contribution in [0.25, 0.3) is 0 Å². The van der Waals surface area contributed by atoms with Crippen LogP contribution in [0.1, 0.15) is 69.2 Å². The van der Waals surface area contributed by atoms with Gasteiger partial charge in [0.2, 0.25) is 0 Å². The fourth-order valence-electron chi connectivity index (χ4n) is 3.18. The van der Waals surface area contributed by atoms with E-state index in [1.165, 1.54) is 0 Å². The van der Waals surface area contributed by atoms with Gasteiger partial charge in [0, 0.05) is 0 Å². The zero-order chi connectivity index (χ0) is 16.5. The highest BCUT2D eigenvalue weighted by Crippen LogP contribution is 2.41. The third kappa shape index (κ3) is 4.46. The van der Waals surface area contributed by atoms with Crippen molar-refractivity contribution in [3.05, 3.63) is 0 Å². The van der Waals surface area contributed by atoms with Crippen molar-refractivity contribution in [2.75, 3.05) is 0 Å². The van der Waals surface area contributed by atoms with E-state index in [1.54, 1.807) is 0 Å². The molecule has 0 saturated carbocycles. The minimum atomic E-state index is -0.679. The second-order valence-corrected chi connectivity index (χ2v) is 8.21. The normalized spacial score (nSPS) is 23.9. The third-order valence-electron chi connectivity index (χ3n) is 6.36. The molecule has 0 fully saturated rings. The van der Waals surface area contributed by atoms with Crippen LogP contribution in [0.2, 0.25) is 0 Å². The second kappa shape index (κ2) is 6.79. The van der Waals surface area contributed by atoms with Crippen molar-refractivity contribution in [2.45, 2.75) is 80.4 Å². The zero-order valence-electron chi connectivity index (χ0n) is 15.4. The van der Waals surface area contributed by atoms with Crippen LogP contribution in [0.15, 0.2) is 0 Å². The minimum absolute atomic E-state index is 0.194. The van der Waals surface area contributed by atoms with Gasteiger partial charge in [0.05, 0.1) is 11.2 Å². The van der Waals surface area contributed by atoms with E-state index in [9.17, 15) is 10.2 Å². The van der Waals surface area contributed by atoms with Gasteiger partial charge in [-0.2, -0.15) is 0 Å². The van der Waals surface area contributed by atoms with Gasteiger partial charge in [-0.25, -0.2) is 0 Å². The van der Waals surface area contributed by atoms with Crippen molar-refractivity contribution in [1.82, 2.24) is 0 Å². The van der Waals surface area contributed by atoms with Crippen molar-refractivity contribution in [3.63, 3.8) is 0 Å². The van der Waals surface area contributed by atoms with Crippen molar-refractivity contribution < 1.29 is 10.2 Å². The maximum Gasteiger partial charge on any atom is 0.0675 e. The first-order valence-corrected chi connectivity index (χ1v) is 8.19. The summed E-state index contributed by atoms with van der Waals surface area (Å²) in [5.74, 6) is 1.82. The van der Waals surface area contributed by atoms with Crippen LogP contribution in [0.4, 0.5) is 0 Å². The number of hydrogen-bond acceptors (Lipinski definition) is 2. The predicted molar refractivity (Wildman–Crippen MR) is 87.6 cm³/mol. The highest BCUT2D eigenvalue weighted by molar-refractivity contribution is 4.91. The zero-order valence-corrected chi connectivity index (χ0v) is 15.4.